The van der Waals surface area contributed by atoms with E-state index in [-0.39, 0.29) is 34.1 Å². The van der Waals surface area contributed by atoms with Crippen molar-refractivity contribution < 1.29 is 24.9 Å². The van der Waals surface area contributed by atoms with Gasteiger partial charge in [0.05, 0.1) is 5.56 Å². The second-order valence-corrected chi connectivity index (χ2v) is 8.75. The Hall–Kier alpha value is -2.04. The minimum atomic E-state index is -0.795. The molecule has 136 valence electrons. The molecule has 0 saturated heterocycles. The van der Waals surface area contributed by atoms with E-state index in [1.54, 1.807) is 13.8 Å². The summed E-state index contributed by atoms with van der Waals surface area (Å²) in [7, 11) is 0. The number of ketones is 2. The SMILES string of the molecule is CC(C)c1c(O)c(O)c2c(c1O)C(=O)C(=O)[C@@H]1C(C)(C)CCC[C@]21C. The Morgan fingerprint density at radius 3 is 2.12 bits per heavy atom. The first-order chi connectivity index (χ1) is 11.4. The highest BCUT2D eigenvalue weighted by atomic mass is 16.3. The molecule has 0 amide bonds. The summed E-state index contributed by atoms with van der Waals surface area (Å²) in [6.45, 7) is 9.26. The molecule has 0 spiro atoms. The number of aromatic hydroxyl groups is 3. The smallest absolute Gasteiger partial charge is 0.233 e. The number of hydrogen-bond acceptors (Lipinski definition) is 5. The number of rotatable bonds is 1. The van der Waals surface area contributed by atoms with Gasteiger partial charge in [0.15, 0.2) is 11.5 Å². The summed E-state index contributed by atoms with van der Waals surface area (Å²) < 4.78 is 0. The number of hydrogen-bond donors (Lipinski definition) is 3. The van der Waals surface area contributed by atoms with Crippen LogP contribution in [0.3, 0.4) is 0 Å². The van der Waals surface area contributed by atoms with Crippen molar-refractivity contribution in [3.05, 3.63) is 16.7 Å². The molecule has 2 aliphatic carbocycles. The number of phenols is 3. The van der Waals surface area contributed by atoms with Crippen LogP contribution in [-0.2, 0) is 10.2 Å². The monoisotopic (exact) mass is 346 g/mol. The first kappa shape index (κ1) is 17.8. The number of benzene rings is 1. The summed E-state index contributed by atoms with van der Waals surface area (Å²) >= 11 is 0. The Morgan fingerprint density at radius 2 is 1.56 bits per heavy atom. The Kier molecular flexibility index (Phi) is 3.72. The molecule has 5 heteroatoms. The number of phenolic OH excluding ortho intramolecular Hbond substituents is 3. The van der Waals surface area contributed by atoms with Crippen LogP contribution in [0.2, 0.25) is 0 Å². The van der Waals surface area contributed by atoms with Gasteiger partial charge in [-0.1, -0.05) is 41.0 Å². The van der Waals surface area contributed by atoms with E-state index in [0.29, 0.717) is 6.42 Å². The zero-order valence-electron chi connectivity index (χ0n) is 15.4. The minimum Gasteiger partial charge on any atom is -0.507 e. The van der Waals surface area contributed by atoms with Crippen molar-refractivity contribution in [2.75, 3.05) is 0 Å². The zero-order chi connectivity index (χ0) is 18.9. The van der Waals surface area contributed by atoms with Crippen molar-refractivity contribution in [1.29, 1.82) is 0 Å². The van der Waals surface area contributed by atoms with Crippen LogP contribution in [0, 0.1) is 11.3 Å². The largest absolute Gasteiger partial charge is 0.507 e. The van der Waals surface area contributed by atoms with Gasteiger partial charge in [-0.15, -0.1) is 0 Å². The van der Waals surface area contributed by atoms with Crippen LogP contribution in [0.15, 0.2) is 0 Å². The molecule has 1 aromatic carbocycles. The van der Waals surface area contributed by atoms with E-state index in [1.807, 2.05) is 20.8 Å². The normalized spacial score (nSPS) is 28.0. The molecule has 2 aliphatic rings. The topological polar surface area (TPSA) is 94.8 Å². The Balaban J connectivity index is 2.43. The van der Waals surface area contributed by atoms with Crippen LogP contribution in [0.25, 0.3) is 0 Å². The average molecular weight is 346 g/mol. The lowest BCUT2D eigenvalue weighted by Crippen LogP contribution is -2.54. The van der Waals surface area contributed by atoms with Crippen molar-refractivity contribution in [1.82, 2.24) is 0 Å². The predicted molar refractivity (Wildman–Crippen MR) is 93.3 cm³/mol. The minimum absolute atomic E-state index is 0.106. The fourth-order valence-corrected chi connectivity index (χ4v) is 5.28. The molecule has 0 aromatic heterocycles. The highest BCUT2D eigenvalue weighted by molar-refractivity contribution is 6.47. The van der Waals surface area contributed by atoms with Crippen molar-refractivity contribution in [2.24, 2.45) is 11.3 Å². The lowest BCUT2D eigenvalue weighted by atomic mass is 9.49. The molecule has 0 heterocycles. The van der Waals surface area contributed by atoms with Crippen LogP contribution < -0.4 is 0 Å². The second kappa shape index (κ2) is 5.23. The van der Waals surface area contributed by atoms with E-state index < -0.39 is 34.1 Å². The third kappa shape index (κ3) is 2.14. The Bertz CT molecular complexity index is 790. The molecule has 0 unspecified atom stereocenters. The maximum atomic E-state index is 13.0. The predicted octanol–water partition coefficient (Wildman–Crippen LogP) is 3.78. The molecular formula is C20H26O5. The van der Waals surface area contributed by atoms with E-state index >= 15 is 0 Å². The molecule has 5 nitrogen and oxygen atoms in total. The third-order valence-electron chi connectivity index (χ3n) is 6.26. The summed E-state index contributed by atoms with van der Waals surface area (Å²) in [6, 6.07) is 0. The van der Waals surface area contributed by atoms with Gasteiger partial charge in [-0.05, 0) is 24.2 Å². The first-order valence-electron chi connectivity index (χ1n) is 8.85. The standard InChI is InChI=1S/C20H26O5/c1-9(2)10-13(21)11-12(16(24)14(10)22)20(5)8-6-7-19(3,4)18(20)17(25)15(11)23/h9,18,21-22,24H,6-8H2,1-5H3/t18-,20-/m1/s1. The number of carbonyl (C=O) groups excluding carboxylic acids is 2. The van der Waals surface area contributed by atoms with Gasteiger partial charge >= 0.3 is 0 Å². The highest BCUT2D eigenvalue weighted by Crippen LogP contribution is 2.61. The molecule has 0 aliphatic heterocycles. The molecular weight excluding hydrogens is 320 g/mol. The van der Waals surface area contributed by atoms with Crippen LogP contribution in [0.1, 0.15) is 81.3 Å². The van der Waals surface area contributed by atoms with Crippen LogP contribution in [0.5, 0.6) is 17.2 Å². The van der Waals surface area contributed by atoms with Gasteiger partial charge in [-0.25, -0.2) is 0 Å². The zero-order valence-corrected chi connectivity index (χ0v) is 15.4. The van der Waals surface area contributed by atoms with Crippen LogP contribution in [-0.4, -0.2) is 26.9 Å². The van der Waals surface area contributed by atoms with E-state index in [9.17, 15) is 24.9 Å². The molecule has 3 N–H and O–H groups in total. The van der Waals surface area contributed by atoms with Crippen LogP contribution in [0.4, 0.5) is 0 Å². The molecule has 1 saturated carbocycles. The van der Waals surface area contributed by atoms with Crippen molar-refractivity contribution in [3.8, 4) is 17.2 Å². The molecule has 25 heavy (non-hydrogen) atoms. The lowest BCUT2D eigenvalue weighted by molar-refractivity contribution is -0.128. The van der Waals surface area contributed by atoms with E-state index in [4.69, 9.17) is 0 Å². The van der Waals surface area contributed by atoms with Gasteiger partial charge in [0, 0.05) is 22.5 Å². The van der Waals surface area contributed by atoms with Gasteiger partial charge < -0.3 is 15.3 Å². The number of fused-ring (bicyclic) bond motifs is 3. The van der Waals surface area contributed by atoms with Gasteiger partial charge in [-0.2, -0.15) is 0 Å². The fourth-order valence-electron chi connectivity index (χ4n) is 5.28. The lowest BCUT2D eigenvalue weighted by Gasteiger charge is -2.52. The fraction of sp³-hybridized carbons (Fsp3) is 0.600. The van der Waals surface area contributed by atoms with Gasteiger partial charge in [0.25, 0.3) is 0 Å². The average Bonchev–Trinajstić information content (AvgIpc) is 2.47. The van der Waals surface area contributed by atoms with Crippen molar-refractivity contribution in [2.45, 2.75) is 65.2 Å². The van der Waals surface area contributed by atoms with E-state index in [0.717, 1.165) is 12.8 Å². The summed E-state index contributed by atoms with van der Waals surface area (Å²) in [4.78, 5) is 25.8. The van der Waals surface area contributed by atoms with Gasteiger partial charge in [-0.3, -0.25) is 9.59 Å². The molecule has 0 bridgehead atoms. The Labute approximate surface area is 147 Å². The maximum Gasteiger partial charge on any atom is 0.233 e. The molecule has 1 fully saturated rings. The van der Waals surface area contributed by atoms with Crippen molar-refractivity contribution in [3.63, 3.8) is 0 Å². The molecule has 2 atom stereocenters. The van der Waals surface area contributed by atoms with Gasteiger partial charge in [0.1, 0.15) is 5.75 Å². The third-order valence-corrected chi connectivity index (χ3v) is 6.26. The maximum absolute atomic E-state index is 13.0. The summed E-state index contributed by atoms with van der Waals surface area (Å²) in [6.07, 6.45) is 2.26. The van der Waals surface area contributed by atoms with Gasteiger partial charge in [0.2, 0.25) is 11.6 Å². The van der Waals surface area contributed by atoms with E-state index in [1.165, 1.54) is 0 Å². The quantitative estimate of drug-likeness (QED) is 0.409. The summed E-state index contributed by atoms with van der Waals surface area (Å²) in [5, 5.41) is 31.9. The first-order valence-corrected chi connectivity index (χ1v) is 8.85. The molecule has 0 radical (unpaired) electrons. The van der Waals surface area contributed by atoms with Crippen molar-refractivity contribution >= 4 is 11.6 Å². The van der Waals surface area contributed by atoms with E-state index in [2.05, 4.69) is 0 Å². The highest BCUT2D eigenvalue weighted by Gasteiger charge is 2.59. The van der Waals surface area contributed by atoms with Crippen LogP contribution >= 0.6 is 0 Å². The number of Topliss-reactive ketones (excluding diaryl/α,β-unsaturated/α-hetero) is 2. The Morgan fingerprint density at radius 1 is 0.960 bits per heavy atom. The summed E-state index contributed by atoms with van der Waals surface area (Å²) in [5.74, 6) is -3.30. The summed E-state index contributed by atoms with van der Waals surface area (Å²) in [5.41, 5.74) is -0.980. The molecule has 1 aromatic rings. The second-order valence-electron chi connectivity index (χ2n) is 8.75. The molecule has 3 rings (SSSR count). The number of carbonyl (C=O) groups is 2.